The molecule has 2 aromatic rings. The van der Waals surface area contributed by atoms with Gasteiger partial charge in [0.1, 0.15) is 0 Å². The Morgan fingerprint density at radius 1 is 1.33 bits per heavy atom. The van der Waals surface area contributed by atoms with Gasteiger partial charge in [-0.25, -0.2) is 9.78 Å². The summed E-state index contributed by atoms with van der Waals surface area (Å²) in [5.74, 6) is -0.541. The molecule has 7 nitrogen and oxygen atoms in total. The summed E-state index contributed by atoms with van der Waals surface area (Å²) in [6.07, 6.45) is 0. The van der Waals surface area contributed by atoms with Gasteiger partial charge in [0, 0.05) is 6.92 Å². The van der Waals surface area contributed by atoms with Crippen molar-refractivity contribution in [1.29, 1.82) is 0 Å². The Labute approximate surface area is 102 Å². The Kier molecular flexibility index (Phi) is 3.05. The smallest absolute Gasteiger partial charge is 0.362 e. The molecule has 0 spiro atoms. The molecule has 1 N–H and O–H groups in total. The summed E-state index contributed by atoms with van der Waals surface area (Å²) >= 11 is 0. The van der Waals surface area contributed by atoms with Crippen molar-refractivity contribution in [3.63, 3.8) is 0 Å². The van der Waals surface area contributed by atoms with E-state index in [1.165, 1.54) is 0 Å². The minimum absolute atomic E-state index is 0.0500. The van der Waals surface area contributed by atoms with E-state index in [9.17, 15) is 4.79 Å². The number of aromatic carboxylic acids is 1. The molecule has 2 rings (SSSR count). The average molecular weight is 252 g/mol. The summed E-state index contributed by atoms with van der Waals surface area (Å²) < 4.78 is 15.6. The van der Waals surface area contributed by atoms with Crippen LogP contribution in [0.5, 0.6) is 5.95 Å². The quantitative estimate of drug-likeness (QED) is 0.888. The Hall–Kier alpha value is -2.31. The van der Waals surface area contributed by atoms with Crippen LogP contribution in [0.3, 0.4) is 0 Å². The van der Waals surface area contributed by atoms with Crippen LogP contribution < -0.4 is 4.74 Å². The molecule has 96 valence electrons. The largest absolute Gasteiger partial charge is 0.476 e. The molecule has 0 aliphatic rings. The van der Waals surface area contributed by atoms with Crippen LogP contribution in [0.25, 0.3) is 11.7 Å². The number of carboxylic acid groups (broad SMARTS) is 1. The Morgan fingerprint density at radius 3 is 2.56 bits per heavy atom. The van der Waals surface area contributed by atoms with Crippen LogP contribution in [0.1, 0.15) is 29.0 Å². The van der Waals surface area contributed by atoms with Gasteiger partial charge in [0.05, 0.1) is 12.3 Å². The van der Waals surface area contributed by atoms with Gasteiger partial charge in [0.25, 0.3) is 5.89 Å². The molecule has 0 atom stereocenters. The van der Waals surface area contributed by atoms with Crippen molar-refractivity contribution in [3.05, 3.63) is 17.3 Å². The average Bonchev–Trinajstić information content (AvgIpc) is 2.83. The maximum absolute atomic E-state index is 11.0. The van der Waals surface area contributed by atoms with E-state index in [0.29, 0.717) is 17.3 Å². The van der Waals surface area contributed by atoms with Gasteiger partial charge < -0.3 is 18.7 Å². The number of aryl methyl sites for hydroxylation is 2. The first-order valence-electron chi connectivity index (χ1n) is 5.34. The lowest BCUT2D eigenvalue weighted by molar-refractivity contribution is 0.0683. The third kappa shape index (κ3) is 2.06. The molecule has 0 saturated heterocycles. The first kappa shape index (κ1) is 12.2. The van der Waals surface area contributed by atoms with Crippen LogP contribution >= 0.6 is 0 Å². The lowest BCUT2D eigenvalue weighted by atomic mass is 10.4. The van der Waals surface area contributed by atoms with Crippen LogP contribution in [0.2, 0.25) is 0 Å². The molecular formula is C11H12N2O5. The molecule has 0 aromatic carbocycles. The minimum Gasteiger partial charge on any atom is -0.476 e. The molecule has 0 saturated carbocycles. The molecule has 0 bridgehead atoms. The third-order valence-electron chi connectivity index (χ3n) is 2.17. The highest BCUT2D eigenvalue weighted by Crippen LogP contribution is 2.29. The van der Waals surface area contributed by atoms with E-state index in [1.54, 1.807) is 20.8 Å². The minimum atomic E-state index is -1.22. The molecule has 2 heterocycles. The molecule has 7 heteroatoms. The highest BCUT2D eigenvalue weighted by atomic mass is 16.6. The van der Waals surface area contributed by atoms with Gasteiger partial charge in [0.15, 0.2) is 5.89 Å². The summed E-state index contributed by atoms with van der Waals surface area (Å²) in [7, 11) is 0. The molecule has 0 amide bonds. The van der Waals surface area contributed by atoms with Gasteiger partial charge in [-0.2, -0.15) is 4.98 Å². The Morgan fingerprint density at radius 2 is 2.06 bits per heavy atom. The van der Waals surface area contributed by atoms with E-state index in [-0.39, 0.29) is 24.1 Å². The van der Waals surface area contributed by atoms with Crippen LogP contribution in [0, 0.1) is 13.8 Å². The van der Waals surface area contributed by atoms with Crippen molar-refractivity contribution < 1.29 is 23.5 Å². The van der Waals surface area contributed by atoms with Crippen molar-refractivity contribution in [2.24, 2.45) is 0 Å². The van der Waals surface area contributed by atoms with Gasteiger partial charge in [-0.05, 0) is 13.8 Å². The summed E-state index contributed by atoms with van der Waals surface area (Å²) in [5.41, 5.74) is 0.300. The zero-order chi connectivity index (χ0) is 13.3. The standard InChI is InChI=1S/C11H12N2O5/c1-4-16-11-7(10(14)15)13-9(18-11)8-5(2)12-6(3)17-8/h4H2,1-3H3,(H,14,15). The molecule has 0 radical (unpaired) electrons. The predicted octanol–water partition coefficient (Wildman–Crippen LogP) is 2.04. The van der Waals surface area contributed by atoms with E-state index in [0.717, 1.165) is 0 Å². The third-order valence-corrected chi connectivity index (χ3v) is 2.17. The second-order valence-electron chi connectivity index (χ2n) is 3.54. The van der Waals surface area contributed by atoms with E-state index in [2.05, 4.69) is 9.97 Å². The number of carboxylic acids is 1. The number of aromatic nitrogens is 2. The van der Waals surface area contributed by atoms with Gasteiger partial charge in [-0.15, -0.1) is 0 Å². The van der Waals surface area contributed by atoms with Crippen molar-refractivity contribution in [1.82, 2.24) is 9.97 Å². The molecule has 2 aromatic heterocycles. The van der Waals surface area contributed by atoms with Crippen molar-refractivity contribution >= 4 is 5.97 Å². The highest BCUT2D eigenvalue weighted by Gasteiger charge is 2.24. The van der Waals surface area contributed by atoms with E-state index in [1.807, 2.05) is 0 Å². The number of hydrogen-bond acceptors (Lipinski definition) is 6. The molecule has 0 fully saturated rings. The fraction of sp³-hybridized carbons (Fsp3) is 0.364. The zero-order valence-corrected chi connectivity index (χ0v) is 10.2. The lowest BCUT2D eigenvalue weighted by Gasteiger charge is -1.96. The van der Waals surface area contributed by atoms with Crippen molar-refractivity contribution in [2.75, 3.05) is 6.61 Å². The van der Waals surface area contributed by atoms with E-state index >= 15 is 0 Å². The summed E-state index contributed by atoms with van der Waals surface area (Å²) in [5, 5.41) is 8.98. The fourth-order valence-corrected chi connectivity index (χ4v) is 1.50. The number of carbonyl (C=O) groups is 1. The number of rotatable bonds is 4. The first-order valence-corrected chi connectivity index (χ1v) is 5.34. The topological polar surface area (TPSA) is 98.6 Å². The normalized spacial score (nSPS) is 10.6. The Bertz CT molecular complexity index is 584. The fourth-order valence-electron chi connectivity index (χ4n) is 1.50. The van der Waals surface area contributed by atoms with Gasteiger partial charge >= 0.3 is 11.9 Å². The maximum atomic E-state index is 11.0. The second-order valence-corrected chi connectivity index (χ2v) is 3.54. The summed E-state index contributed by atoms with van der Waals surface area (Å²) in [6, 6.07) is 0. The number of ether oxygens (including phenoxy) is 1. The highest BCUT2D eigenvalue weighted by molar-refractivity contribution is 5.88. The molecule has 0 unspecified atom stereocenters. The van der Waals surface area contributed by atoms with E-state index in [4.69, 9.17) is 18.7 Å². The summed E-state index contributed by atoms with van der Waals surface area (Å²) in [6.45, 7) is 5.40. The maximum Gasteiger partial charge on any atom is 0.362 e. The molecular weight excluding hydrogens is 240 g/mol. The van der Waals surface area contributed by atoms with Gasteiger partial charge in [-0.3, -0.25) is 0 Å². The van der Waals surface area contributed by atoms with Crippen molar-refractivity contribution in [2.45, 2.75) is 20.8 Å². The second kappa shape index (κ2) is 4.52. The monoisotopic (exact) mass is 252 g/mol. The Balaban J connectivity index is 2.49. The summed E-state index contributed by atoms with van der Waals surface area (Å²) in [4.78, 5) is 18.9. The van der Waals surface area contributed by atoms with Crippen molar-refractivity contribution in [3.8, 4) is 17.6 Å². The van der Waals surface area contributed by atoms with Gasteiger partial charge in [0.2, 0.25) is 11.5 Å². The molecule has 18 heavy (non-hydrogen) atoms. The zero-order valence-electron chi connectivity index (χ0n) is 10.2. The number of hydrogen-bond donors (Lipinski definition) is 1. The predicted molar refractivity (Wildman–Crippen MR) is 59.6 cm³/mol. The SMILES string of the molecule is CCOc1oc(-c2oc(C)nc2C)nc1C(=O)O. The lowest BCUT2D eigenvalue weighted by Crippen LogP contribution is -2.01. The number of oxazole rings is 2. The van der Waals surface area contributed by atoms with Gasteiger partial charge in [-0.1, -0.05) is 0 Å². The molecule has 0 aliphatic carbocycles. The number of nitrogens with zero attached hydrogens (tertiary/aromatic N) is 2. The first-order chi connectivity index (χ1) is 8.52. The molecule has 0 aliphatic heterocycles. The van der Waals surface area contributed by atoms with E-state index < -0.39 is 5.97 Å². The van der Waals surface area contributed by atoms with Crippen LogP contribution in [0.4, 0.5) is 0 Å². The van der Waals surface area contributed by atoms with Crippen LogP contribution in [-0.2, 0) is 0 Å². The van der Waals surface area contributed by atoms with Crippen LogP contribution in [-0.4, -0.2) is 27.7 Å². The van der Waals surface area contributed by atoms with Crippen LogP contribution in [0.15, 0.2) is 8.83 Å².